The lowest BCUT2D eigenvalue weighted by molar-refractivity contribution is 0.338. The summed E-state index contributed by atoms with van der Waals surface area (Å²) in [7, 11) is 1.91. The first kappa shape index (κ1) is 14.6. The molecule has 3 nitrogen and oxygen atoms in total. The molecule has 0 fully saturated rings. The van der Waals surface area contributed by atoms with E-state index in [9.17, 15) is 0 Å². The highest BCUT2D eigenvalue weighted by Crippen LogP contribution is 2.32. The number of halogens is 2. The summed E-state index contributed by atoms with van der Waals surface area (Å²) in [5.74, 6) is 1.71. The van der Waals surface area contributed by atoms with Crippen molar-refractivity contribution in [2.75, 3.05) is 13.7 Å². The highest BCUT2D eigenvalue weighted by atomic mass is 79.9. The van der Waals surface area contributed by atoms with Gasteiger partial charge in [-0.05, 0) is 75.7 Å². The number of nitrogens with one attached hydrogen (secondary N) is 1. The highest BCUT2D eigenvalue weighted by molar-refractivity contribution is 9.10. The van der Waals surface area contributed by atoms with Crippen LogP contribution < -0.4 is 10.1 Å². The number of hydrogen-bond acceptors (Lipinski definition) is 3. The Balaban J connectivity index is 2.31. The van der Waals surface area contributed by atoms with Crippen LogP contribution in [0.5, 0.6) is 5.75 Å². The summed E-state index contributed by atoms with van der Waals surface area (Å²) in [5, 5.41) is 3.25. The molecule has 5 heteroatoms. The Labute approximate surface area is 129 Å². The van der Waals surface area contributed by atoms with E-state index in [0.29, 0.717) is 6.61 Å². The second kappa shape index (κ2) is 6.59. The minimum atomic E-state index is 0.0123. The van der Waals surface area contributed by atoms with Gasteiger partial charge in [0.25, 0.3) is 0 Å². The van der Waals surface area contributed by atoms with Crippen molar-refractivity contribution in [2.24, 2.45) is 0 Å². The Hall–Kier alpha value is -0.780. The van der Waals surface area contributed by atoms with Gasteiger partial charge >= 0.3 is 0 Å². The number of rotatable bonds is 5. The fraction of sp³-hybridized carbons (Fsp3) is 0.286. The maximum atomic E-state index is 5.62. The molecular formula is C14H15Br2NO2. The van der Waals surface area contributed by atoms with Gasteiger partial charge in [0, 0.05) is 0 Å². The van der Waals surface area contributed by atoms with E-state index in [0.717, 1.165) is 26.2 Å². The van der Waals surface area contributed by atoms with Gasteiger partial charge in [-0.15, -0.1) is 0 Å². The molecule has 0 saturated carbocycles. The molecule has 1 aromatic heterocycles. The van der Waals surface area contributed by atoms with E-state index in [4.69, 9.17) is 9.15 Å². The molecule has 19 heavy (non-hydrogen) atoms. The van der Waals surface area contributed by atoms with E-state index < -0.39 is 0 Å². The summed E-state index contributed by atoms with van der Waals surface area (Å²) >= 11 is 6.86. The van der Waals surface area contributed by atoms with Crippen molar-refractivity contribution in [2.45, 2.75) is 13.0 Å². The molecule has 0 bridgehead atoms. The Morgan fingerprint density at radius 2 is 2.05 bits per heavy atom. The van der Waals surface area contributed by atoms with E-state index in [2.05, 4.69) is 37.2 Å². The van der Waals surface area contributed by atoms with Gasteiger partial charge in [-0.25, -0.2) is 0 Å². The number of benzene rings is 1. The van der Waals surface area contributed by atoms with Crippen LogP contribution in [0, 0.1) is 0 Å². The number of hydrogen-bond donors (Lipinski definition) is 1. The zero-order valence-corrected chi connectivity index (χ0v) is 13.9. The molecule has 0 aliphatic rings. The van der Waals surface area contributed by atoms with Gasteiger partial charge in [-0.3, -0.25) is 0 Å². The summed E-state index contributed by atoms with van der Waals surface area (Å²) < 4.78 is 12.8. The van der Waals surface area contributed by atoms with Crippen molar-refractivity contribution in [1.29, 1.82) is 0 Å². The molecule has 0 amide bonds. The molecule has 1 atom stereocenters. The zero-order chi connectivity index (χ0) is 13.8. The van der Waals surface area contributed by atoms with Crippen molar-refractivity contribution < 1.29 is 9.15 Å². The largest absolute Gasteiger partial charge is 0.493 e. The Morgan fingerprint density at radius 3 is 2.58 bits per heavy atom. The standard InChI is InChI=1S/C14H15Br2NO2/c1-3-18-11-5-4-9(8-10(11)15)14(17-2)12-6-7-13(16)19-12/h4-8,14,17H,3H2,1-2H3. The maximum absolute atomic E-state index is 5.62. The fourth-order valence-corrected chi connectivity index (χ4v) is 2.76. The first-order valence-corrected chi connectivity index (χ1v) is 7.59. The minimum absolute atomic E-state index is 0.0123. The molecule has 1 N–H and O–H groups in total. The summed E-state index contributed by atoms with van der Waals surface area (Å²) in [6.45, 7) is 2.62. The van der Waals surface area contributed by atoms with Crippen molar-refractivity contribution in [3.8, 4) is 5.75 Å². The third-order valence-electron chi connectivity index (χ3n) is 2.76. The van der Waals surface area contributed by atoms with Crippen molar-refractivity contribution >= 4 is 31.9 Å². The van der Waals surface area contributed by atoms with Crippen LogP contribution in [-0.2, 0) is 0 Å². The number of ether oxygens (including phenoxy) is 1. The van der Waals surface area contributed by atoms with Crippen molar-refractivity contribution in [3.05, 3.63) is 50.8 Å². The van der Waals surface area contributed by atoms with Crippen LogP contribution >= 0.6 is 31.9 Å². The Bertz CT molecular complexity index is 554. The summed E-state index contributed by atoms with van der Waals surface area (Å²) in [6.07, 6.45) is 0. The number of furan rings is 1. The molecule has 1 unspecified atom stereocenters. The van der Waals surface area contributed by atoms with Gasteiger partial charge in [0.2, 0.25) is 0 Å². The molecule has 0 radical (unpaired) electrons. The lowest BCUT2D eigenvalue weighted by Gasteiger charge is -2.15. The Kier molecular flexibility index (Phi) is 5.07. The van der Waals surface area contributed by atoms with Crippen LogP contribution in [0.2, 0.25) is 0 Å². The summed E-state index contributed by atoms with van der Waals surface area (Å²) in [4.78, 5) is 0. The molecule has 1 heterocycles. The lowest BCUT2D eigenvalue weighted by Crippen LogP contribution is -2.17. The molecule has 2 rings (SSSR count). The lowest BCUT2D eigenvalue weighted by atomic mass is 10.0. The third kappa shape index (κ3) is 3.41. The molecule has 0 spiro atoms. The molecule has 1 aromatic carbocycles. The zero-order valence-electron chi connectivity index (χ0n) is 10.7. The molecule has 102 valence electrons. The van der Waals surface area contributed by atoms with Crippen molar-refractivity contribution in [1.82, 2.24) is 5.32 Å². The van der Waals surface area contributed by atoms with Crippen LogP contribution in [0.1, 0.15) is 24.3 Å². The van der Waals surface area contributed by atoms with E-state index in [-0.39, 0.29) is 6.04 Å². The summed E-state index contributed by atoms with van der Waals surface area (Å²) in [6, 6.07) is 9.90. The maximum Gasteiger partial charge on any atom is 0.169 e. The van der Waals surface area contributed by atoms with Crippen LogP contribution in [0.15, 0.2) is 43.9 Å². The highest BCUT2D eigenvalue weighted by Gasteiger charge is 2.17. The van der Waals surface area contributed by atoms with E-state index in [1.165, 1.54) is 0 Å². The van der Waals surface area contributed by atoms with Crippen LogP contribution in [0.4, 0.5) is 0 Å². The molecule has 0 saturated heterocycles. The predicted molar refractivity (Wildman–Crippen MR) is 82.6 cm³/mol. The van der Waals surface area contributed by atoms with Gasteiger partial charge in [0.1, 0.15) is 11.5 Å². The quantitative estimate of drug-likeness (QED) is 0.817. The van der Waals surface area contributed by atoms with Gasteiger partial charge in [-0.2, -0.15) is 0 Å². The molecule has 0 aliphatic heterocycles. The molecule has 0 aliphatic carbocycles. The van der Waals surface area contributed by atoms with Crippen LogP contribution in [-0.4, -0.2) is 13.7 Å². The normalized spacial score (nSPS) is 12.4. The minimum Gasteiger partial charge on any atom is -0.493 e. The fourth-order valence-electron chi connectivity index (χ4n) is 1.93. The molecular weight excluding hydrogens is 374 g/mol. The van der Waals surface area contributed by atoms with E-state index in [1.807, 2.05) is 44.3 Å². The van der Waals surface area contributed by atoms with E-state index in [1.54, 1.807) is 0 Å². The van der Waals surface area contributed by atoms with Crippen LogP contribution in [0.3, 0.4) is 0 Å². The first-order chi connectivity index (χ1) is 9.15. The SMILES string of the molecule is CCOc1ccc(C(NC)c2ccc(Br)o2)cc1Br. The van der Waals surface area contributed by atoms with Crippen LogP contribution in [0.25, 0.3) is 0 Å². The first-order valence-electron chi connectivity index (χ1n) is 6.00. The third-order valence-corrected chi connectivity index (χ3v) is 3.80. The second-order valence-electron chi connectivity index (χ2n) is 3.99. The monoisotopic (exact) mass is 387 g/mol. The smallest absolute Gasteiger partial charge is 0.169 e. The van der Waals surface area contributed by atoms with Gasteiger partial charge < -0.3 is 14.5 Å². The summed E-state index contributed by atoms with van der Waals surface area (Å²) in [5.41, 5.74) is 1.11. The topological polar surface area (TPSA) is 34.4 Å². The van der Waals surface area contributed by atoms with Crippen molar-refractivity contribution in [3.63, 3.8) is 0 Å². The average Bonchev–Trinajstić information content (AvgIpc) is 2.80. The van der Waals surface area contributed by atoms with Gasteiger partial charge in [-0.1, -0.05) is 6.07 Å². The van der Waals surface area contributed by atoms with Gasteiger partial charge in [0.05, 0.1) is 17.1 Å². The molecule has 2 aromatic rings. The predicted octanol–water partition coefficient (Wildman–Crippen LogP) is 4.51. The Morgan fingerprint density at radius 1 is 1.26 bits per heavy atom. The van der Waals surface area contributed by atoms with E-state index >= 15 is 0 Å². The average molecular weight is 389 g/mol. The second-order valence-corrected chi connectivity index (χ2v) is 5.62. The van der Waals surface area contributed by atoms with Gasteiger partial charge in [0.15, 0.2) is 4.67 Å².